The lowest BCUT2D eigenvalue weighted by Gasteiger charge is -2.58. The summed E-state index contributed by atoms with van der Waals surface area (Å²) in [5.41, 5.74) is -1.91. The zero-order valence-electron chi connectivity index (χ0n) is 16.2. The Morgan fingerprint density at radius 1 is 1.30 bits per heavy atom. The molecule has 0 aromatic rings. The van der Waals surface area contributed by atoms with E-state index in [0.717, 1.165) is 12.0 Å². The average molecular weight is 372 g/mol. The Morgan fingerprint density at radius 2 is 2.00 bits per heavy atom. The number of hydrogen-bond acceptors (Lipinski definition) is 5. The molecule has 0 heterocycles. The summed E-state index contributed by atoms with van der Waals surface area (Å²) in [7, 11) is 0. The molecule has 3 fully saturated rings. The van der Waals surface area contributed by atoms with E-state index in [9.17, 15) is 24.6 Å². The Balaban J connectivity index is 1.79. The molecular formula is C22H28O5. The molecule has 0 amide bonds. The summed E-state index contributed by atoms with van der Waals surface area (Å²) in [5, 5.41) is 20.6. The van der Waals surface area contributed by atoms with Crippen LogP contribution in [0.4, 0.5) is 0 Å². The maximum absolute atomic E-state index is 13.4. The third-order valence-electron chi connectivity index (χ3n) is 8.33. The third kappa shape index (κ3) is 2.21. The van der Waals surface area contributed by atoms with Gasteiger partial charge < -0.3 is 10.2 Å². The molecule has 0 bridgehead atoms. The molecule has 27 heavy (non-hydrogen) atoms. The van der Waals surface area contributed by atoms with Gasteiger partial charge in [-0.1, -0.05) is 32.4 Å². The average Bonchev–Trinajstić information content (AvgIpc) is 2.87. The number of ketones is 3. The largest absolute Gasteiger partial charge is 0.388 e. The maximum atomic E-state index is 13.4. The molecule has 1 unspecified atom stereocenters. The van der Waals surface area contributed by atoms with Crippen LogP contribution in [0.2, 0.25) is 0 Å². The van der Waals surface area contributed by atoms with Crippen molar-refractivity contribution in [3.63, 3.8) is 0 Å². The Kier molecular flexibility index (Phi) is 3.97. The van der Waals surface area contributed by atoms with Crippen LogP contribution in [0.5, 0.6) is 0 Å². The molecule has 2 N–H and O–H groups in total. The van der Waals surface area contributed by atoms with Gasteiger partial charge in [0.1, 0.15) is 18.0 Å². The summed E-state index contributed by atoms with van der Waals surface area (Å²) in [4.78, 5) is 37.7. The van der Waals surface area contributed by atoms with E-state index < -0.39 is 28.8 Å². The van der Waals surface area contributed by atoms with E-state index in [1.807, 2.05) is 13.0 Å². The first-order chi connectivity index (χ1) is 12.6. The third-order valence-corrected chi connectivity index (χ3v) is 8.33. The second-order valence-electron chi connectivity index (χ2n) is 9.54. The standard InChI is InChI=1S/C22H28O5/c1-12-8-14-15-5-7-22(27,18(26)11-23)21(15,3)10-17(25)19(14)20(2)6-4-13(24)9-16(12)20/h4,6,9,12,14-15,19,23,27H,5,7-8,10-11H2,1-3H3/t12?,14-,15-,19+,20-,21-,22-/m0/s1. The van der Waals surface area contributed by atoms with Gasteiger partial charge in [-0.15, -0.1) is 0 Å². The molecule has 5 heteroatoms. The number of aliphatic hydroxyl groups is 2. The van der Waals surface area contributed by atoms with Gasteiger partial charge in [-0.05, 0) is 49.2 Å². The minimum absolute atomic E-state index is 0.0235. The van der Waals surface area contributed by atoms with Gasteiger partial charge in [-0.25, -0.2) is 0 Å². The summed E-state index contributed by atoms with van der Waals surface area (Å²) in [6.45, 7) is 5.30. The normalized spacial score (nSPS) is 48.6. The van der Waals surface area contributed by atoms with Crippen molar-refractivity contribution in [2.24, 2.45) is 34.5 Å². The molecule has 0 aliphatic heterocycles. The second kappa shape index (κ2) is 5.71. The van der Waals surface area contributed by atoms with Gasteiger partial charge in [0.05, 0.1) is 0 Å². The molecule has 0 aromatic carbocycles. The fourth-order valence-corrected chi connectivity index (χ4v) is 7.05. The highest BCUT2D eigenvalue weighted by Gasteiger charge is 2.68. The molecule has 146 valence electrons. The number of allylic oxidation sites excluding steroid dienone is 4. The zero-order valence-corrected chi connectivity index (χ0v) is 16.2. The smallest absolute Gasteiger partial charge is 0.190 e. The van der Waals surface area contributed by atoms with Crippen LogP contribution in [0.15, 0.2) is 23.8 Å². The van der Waals surface area contributed by atoms with Gasteiger partial charge >= 0.3 is 0 Å². The van der Waals surface area contributed by atoms with Crippen LogP contribution in [-0.2, 0) is 14.4 Å². The lowest BCUT2D eigenvalue weighted by atomic mass is 9.45. The van der Waals surface area contributed by atoms with Crippen molar-refractivity contribution in [3.8, 4) is 0 Å². The summed E-state index contributed by atoms with van der Waals surface area (Å²) >= 11 is 0. The Hall–Kier alpha value is -1.59. The van der Waals surface area contributed by atoms with Crippen LogP contribution in [-0.4, -0.2) is 39.8 Å². The SMILES string of the molecule is CC1C[C@@H]2[C@H](C(=O)C[C@@]3(C)[C@H]2CC[C@]3(O)C(=O)CO)[C@@]2(C)C=CC(=O)C=C12. The van der Waals surface area contributed by atoms with E-state index in [-0.39, 0.29) is 41.7 Å². The predicted molar refractivity (Wildman–Crippen MR) is 98.6 cm³/mol. The van der Waals surface area contributed by atoms with Crippen LogP contribution in [0.1, 0.15) is 46.5 Å². The van der Waals surface area contributed by atoms with Crippen LogP contribution < -0.4 is 0 Å². The van der Waals surface area contributed by atoms with Crippen molar-refractivity contribution in [1.29, 1.82) is 0 Å². The molecule has 7 atom stereocenters. The van der Waals surface area contributed by atoms with Crippen molar-refractivity contribution >= 4 is 17.3 Å². The Morgan fingerprint density at radius 3 is 2.67 bits per heavy atom. The molecule has 3 saturated carbocycles. The van der Waals surface area contributed by atoms with Crippen molar-refractivity contribution < 1.29 is 24.6 Å². The number of aliphatic hydroxyl groups excluding tert-OH is 1. The van der Waals surface area contributed by atoms with Gasteiger partial charge in [-0.2, -0.15) is 0 Å². The number of rotatable bonds is 2. The second-order valence-corrected chi connectivity index (χ2v) is 9.54. The fraction of sp³-hybridized carbons (Fsp3) is 0.682. The highest BCUT2D eigenvalue weighted by molar-refractivity contribution is 6.02. The lowest BCUT2D eigenvalue weighted by Crippen LogP contribution is -2.61. The van der Waals surface area contributed by atoms with Gasteiger partial charge in [0, 0.05) is 23.2 Å². The van der Waals surface area contributed by atoms with E-state index in [1.165, 1.54) is 0 Å². The first-order valence-corrected chi connectivity index (χ1v) is 9.93. The number of hydrogen-bond donors (Lipinski definition) is 2. The van der Waals surface area contributed by atoms with Gasteiger partial charge in [-0.3, -0.25) is 14.4 Å². The van der Waals surface area contributed by atoms with Crippen molar-refractivity contribution in [2.75, 3.05) is 6.61 Å². The Labute approximate surface area is 159 Å². The van der Waals surface area contributed by atoms with Crippen LogP contribution in [0.25, 0.3) is 0 Å². The van der Waals surface area contributed by atoms with Crippen LogP contribution in [0, 0.1) is 34.5 Å². The first-order valence-electron chi connectivity index (χ1n) is 9.93. The quantitative estimate of drug-likeness (QED) is 0.774. The molecule has 0 spiro atoms. The number of Topliss-reactive ketones (excluding diaryl/α,β-unsaturated/α-hetero) is 2. The van der Waals surface area contributed by atoms with Crippen LogP contribution >= 0.6 is 0 Å². The van der Waals surface area contributed by atoms with E-state index in [0.29, 0.717) is 12.8 Å². The van der Waals surface area contributed by atoms with Gasteiger partial charge in [0.2, 0.25) is 0 Å². The molecule has 0 radical (unpaired) electrons. The molecule has 5 nitrogen and oxygen atoms in total. The summed E-state index contributed by atoms with van der Waals surface area (Å²) in [6, 6.07) is 0. The number of carbonyl (C=O) groups excluding carboxylic acids is 3. The first kappa shape index (κ1) is 18.8. The highest BCUT2D eigenvalue weighted by atomic mass is 16.3. The molecule has 4 aliphatic carbocycles. The number of fused-ring (bicyclic) bond motifs is 5. The van der Waals surface area contributed by atoms with E-state index in [1.54, 1.807) is 12.2 Å². The van der Waals surface area contributed by atoms with E-state index in [4.69, 9.17) is 0 Å². The molecular weight excluding hydrogens is 344 g/mol. The van der Waals surface area contributed by atoms with Crippen molar-refractivity contribution in [3.05, 3.63) is 23.8 Å². The molecule has 4 aliphatic rings. The van der Waals surface area contributed by atoms with Gasteiger partial charge in [0.15, 0.2) is 11.6 Å². The summed E-state index contributed by atoms with van der Waals surface area (Å²) < 4.78 is 0. The van der Waals surface area contributed by atoms with Crippen molar-refractivity contribution in [1.82, 2.24) is 0 Å². The topological polar surface area (TPSA) is 91.7 Å². The van der Waals surface area contributed by atoms with Crippen LogP contribution in [0.3, 0.4) is 0 Å². The molecule has 0 saturated heterocycles. The number of carbonyl (C=O) groups is 3. The summed E-state index contributed by atoms with van der Waals surface area (Å²) in [5.74, 6) is -0.484. The predicted octanol–water partition coefficient (Wildman–Crippen LogP) is 2.01. The van der Waals surface area contributed by atoms with E-state index in [2.05, 4.69) is 13.8 Å². The Bertz CT molecular complexity index is 795. The van der Waals surface area contributed by atoms with Gasteiger partial charge in [0.25, 0.3) is 0 Å². The molecule has 0 aromatic heterocycles. The summed E-state index contributed by atoms with van der Waals surface area (Å²) in [6.07, 6.45) is 7.06. The monoisotopic (exact) mass is 372 g/mol. The maximum Gasteiger partial charge on any atom is 0.190 e. The highest BCUT2D eigenvalue weighted by Crippen LogP contribution is 2.66. The van der Waals surface area contributed by atoms with Crippen molar-refractivity contribution in [2.45, 2.75) is 52.1 Å². The lowest BCUT2D eigenvalue weighted by molar-refractivity contribution is -0.169. The molecule has 4 rings (SSSR count). The fourth-order valence-electron chi connectivity index (χ4n) is 7.05. The van der Waals surface area contributed by atoms with E-state index >= 15 is 0 Å². The minimum Gasteiger partial charge on any atom is -0.388 e. The zero-order chi connectivity index (χ0) is 19.8. The minimum atomic E-state index is -1.63.